The molecular weight excluding hydrogens is 492 g/mol. The minimum atomic E-state index is -0.353. The highest BCUT2D eigenvalue weighted by Gasteiger charge is 2.42. The molecule has 4 nitrogen and oxygen atoms in total. The first kappa shape index (κ1) is 16.9. The molecule has 23 heavy (non-hydrogen) atoms. The van der Waals surface area contributed by atoms with Crippen molar-refractivity contribution in [1.82, 2.24) is 9.78 Å². The zero-order valence-electron chi connectivity index (χ0n) is 12.2. The van der Waals surface area contributed by atoms with Gasteiger partial charge in [0.2, 0.25) is 0 Å². The molecule has 0 spiro atoms. The van der Waals surface area contributed by atoms with Crippen LogP contribution in [-0.2, 0) is 4.74 Å². The Morgan fingerprint density at radius 1 is 1.43 bits per heavy atom. The molecule has 2 unspecified atom stereocenters. The molecule has 2 aromatic rings. The number of allylic oxidation sites excluding steroid dienone is 1. The van der Waals surface area contributed by atoms with Crippen molar-refractivity contribution in [2.45, 2.75) is 12.3 Å². The Kier molecular flexibility index (Phi) is 5.08. The second kappa shape index (κ2) is 6.91. The Morgan fingerprint density at radius 2 is 2.22 bits per heavy atom. The highest BCUT2D eigenvalue weighted by molar-refractivity contribution is 9.28. The van der Waals surface area contributed by atoms with E-state index in [2.05, 4.69) is 59.0 Å². The number of ether oxygens (including phenoxy) is 1. The van der Waals surface area contributed by atoms with E-state index in [1.165, 1.54) is 7.11 Å². The maximum atomic E-state index is 12.1. The van der Waals surface area contributed by atoms with Crippen LogP contribution in [0.3, 0.4) is 0 Å². The molecule has 1 fully saturated rings. The summed E-state index contributed by atoms with van der Waals surface area (Å²) in [6.07, 6.45) is 4.67. The number of esters is 1. The largest absolute Gasteiger partial charge is 0.465 e. The third-order valence-corrected chi connectivity index (χ3v) is 4.82. The lowest BCUT2D eigenvalue weighted by molar-refractivity contribution is 0.0599. The molecule has 0 amide bonds. The molecule has 1 aromatic carbocycles. The van der Waals surface area contributed by atoms with Crippen LogP contribution in [0, 0.1) is 5.92 Å². The number of benzene rings is 1. The van der Waals surface area contributed by atoms with Crippen molar-refractivity contribution in [2.75, 3.05) is 7.11 Å². The van der Waals surface area contributed by atoms with Gasteiger partial charge in [0.15, 0.2) is 0 Å². The van der Waals surface area contributed by atoms with Crippen molar-refractivity contribution in [2.24, 2.45) is 5.92 Å². The number of methoxy groups -OCH3 is 1. The van der Waals surface area contributed by atoms with Crippen molar-refractivity contribution < 1.29 is 9.53 Å². The Bertz CT molecular complexity index is 781. The second-order valence-corrected chi connectivity index (χ2v) is 8.98. The lowest BCUT2D eigenvalue weighted by Gasteiger charge is -2.09. The van der Waals surface area contributed by atoms with Crippen molar-refractivity contribution in [3.8, 4) is 5.69 Å². The standard InChI is InChI=1S/C16H13Br3N2O2/c1-23-16(22)13-8-20-21(11-4-2-3-10(17)7-11)15(13)12-5-9(12)6-14(18)19/h2-4,6-9,12H,5H2,1H3. The number of nitrogens with zero attached hydrogens (tertiary/aromatic N) is 2. The fourth-order valence-electron chi connectivity index (χ4n) is 2.67. The Balaban J connectivity index is 2.06. The van der Waals surface area contributed by atoms with Crippen molar-refractivity contribution in [1.29, 1.82) is 0 Å². The van der Waals surface area contributed by atoms with Crippen LogP contribution in [0.5, 0.6) is 0 Å². The smallest absolute Gasteiger partial charge is 0.341 e. The Hall–Kier alpha value is -0.920. The molecule has 1 aromatic heterocycles. The average Bonchev–Trinajstić information content (AvgIpc) is 3.11. The SMILES string of the molecule is COC(=O)c1cnn(-c2cccc(Br)c2)c1C1CC1C=C(Br)Br. The second-order valence-electron chi connectivity index (χ2n) is 5.29. The number of hydrogen-bond donors (Lipinski definition) is 0. The summed E-state index contributed by atoms with van der Waals surface area (Å²) in [6.45, 7) is 0. The summed E-state index contributed by atoms with van der Waals surface area (Å²) in [5.74, 6) is 0.263. The van der Waals surface area contributed by atoms with E-state index in [9.17, 15) is 4.79 Å². The van der Waals surface area contributed by atoms with Gasteiger partial charge in [-0.25, -0.2) is 9.48 Å². The number of halogens is 3. The molecule has 2 atom stereocenters. The highest BCUT2D eigenvalue weighted by Crippen LogP contribution is 2.51. The molecule has 0 bridgehead atoms. The van der Waals surface area contributed by atoms with Crippen LogP contribution in [0.15, 0.2) is 44.4 Å². The zero-order chi connectivity index (χ0) is 16.6. The number of hydrogen-bond acceptors (Lipinski definition) is 3. The summed E-state index contributed by atoms with van der Waals surface area (Å²) in [5, 5.41) is 4.42. The molecule has 0 saturated heterocycles. The van der Waals surface area contributed by atoms with E-state index in [1.807, 2.05) is 28.9 Å². The molecule has 0 aliphatic heterocycles. The summed E-state index contributed by atoms with van der Waals surface area (Å²) >= 11 is 10.3. The van der Waals surface area contributed by atoms with Crippen LogP contribution in [0.2, 0.25) is 0 Å². The molecule has 7 heteroatoms. The Morgan fingerprint density at radius 3 is 2.87 bits per heavy atom. The van der Waals surface area contributed by atoms with E-state index >= 15 is 0 Å². The molecule has 120 valence electrons. The Labute approximate surface area is 159 Å². The average molecular weight is 505 g/mol. The minimum absolute atomic E-state index is 0.246. The van der Waals surface area contributed by atoms with Gasteiger partial charge in [-0.15, -0.1) is 0 Å². The van der Waals surface area contributed by atoms with Gasteiger partial charge in [0.1, 0.15) is 5.56 Å². The van der Waals surface area contributed by atoms with Gasteiger partial charge >= 0.3 is 5.97 Å². The summed E-state index contributed by atoms with van der Waals surface area (Å²) in [6, 6.07) is 7.85. The third-order valence-electron chi connectivity index (χ3n) is 3.80. The van der Waals surface area contributed by atoms with Crippen LogP contribution in [0.25, 0.3) is 5.69 Å². The number of rotatable bonds is 4. The monoisotopic (exact) mass is 502 g/mol. The summed E-state index contributed by atoms with van der Waals surface area (Å²) < 4.78 is 8.63. The van der Waals surface area contributed by atoms with E-state index in [4.69, 9.17) is 4.74 Å². The van der Waals surface area contributed by atoms with Crippen LogP contribution in [0.1, 0.15) is 28.4 Å². The lowest BCUT2D eigenvalue weighted by Crippen LogP contribution is -2.08. The van der Waals surface area contributed by atoms with Gasteiger partial charge in [-0.2, -0.15) is 5.10 Å². The number of carbonyl (C=O) groups excluding carboxylic acids is 1. The summed E-state index contributed by atoms with van der Waals surface area (Å²) in [5.41, 5.74) is 2.34. The molecular formula is C16H13Br3N2O2. The first-order valence-corrected chi connectivity index (χ1v) is 9.34. The molecule has 1 saturated carbocycles. The number of carbonyl (C=O) groups is 1. The van der Waals surface area contributed by atoms with E-state index in [1.54, 1.807) is 6.20 Å². The topological polar surface area (TPSA) is 44.1 Å². The van der Waals surface area contributed by atoms with E-state index in [0.29, 0.717) is 11.5 Å². The lowest BCUT2D eigenvalue weighted by atomic mass is 10.1. The maximum absolute atomic E-state index is 12.1. The fourth-order valence-corrected chi connectivity index (χ4v) is 3.74. The molecule has 1 aliphatic carbocycles. The van der Waals surface area contributed by atoms with Gasteiger partial charge in [0.25, 0.3) is 0 Å². The van der Waals surface area contributed by atoms with Gasteiger partial charge in [0, 0.05) is 10.4 Å². The fraction of sp³-hybridized carbons (Fsp3) is 0.250. The number of aromatic nitrogens is 2. The van der Waals surface area contributed by atoms with Crippen LogP contribution in [-0.4, -0.2) is 22.9 Å². The van der Waals surface area contributed by atoms with Gasteiger partial charge in [-0.1, -0.05) is 28.1 Å². The van der Waals surface area contributed by atoms with Gasteiger partial charge in [-0.3, -0.25) is 0 Å². The van der Waals surface area contributed by atoms with E-state index in [-0.39, 0.29) is 11.9 Å². The van der Waals surface area contributed by atoms with Crippen LogP contribution < -0.4 is 0 Å². The van der Waals surface area contributed by atoms with Gasteiger partial charge in [0.05, 0.1) is 28.1 Å². The maximum Gasteiger partial charge on any atom is 0.341 e. The molecule has 0 N–H and O–H groups in total. The minimum Gasteiger partial charge on any atom is -0.465 e. The van der Waals surface area contributed by atoms with Gasteiger partial charge in [-0.05, 0) is 62.4 Å². The molecule has 3 rings (SSSR count). The first-order valence-electron chi connectivity index (χ1n) is 6.96. The zero-order valence-corrected chi connectivity index (χ0v) is 16.9. The normalized spacial score (nSPS) is 19.3. The predicted octanol–water partition coefficient (Wildman–Crippen LogP) is 5.16. The van der Waals surface area contributed by atoms with E-state index in [0.717, 1.165) is 25.7 Å². The van der Waals surface area contributed by atoms with Crippen molar-refractivity contribution in [3.63, 3.8) is 0 Å². The van der Waals surface area contributed by atoms with Crippen LogP contribution >= 0.6 is 47.8 Å². The molecule has 1 heterocycles. The van der Waals surface area contributed by atoms with Crippen molar-refractivity contribution in [3.05, 3.63) is 55.7 Å². The van der Waals surface area contributed by atoms with Gasteiger partial charge < -0.3 is 4.74 Å². The highest BCUT2D eigenvalue weighted by atomic mass is 79.9. The summed E-state index contributed by atoms with van der Waals surface area (Å²) in [7, 11) is 1.39. The van der Waals surface area contributed by atoms with Crippen molar-refractivity contribution >= 4 is 53.8 Å². The predicted molar refractivity (Wildman–Crippen MR) is 99.4 cm³/mol. The molecule has 0 radical (unpaired) electrons. The summed E-state index contributed by atoms with van der Waals surface area (Å²) in [4.78, 5) is 12.1. The first-order chi connectivity index (χ1) is 11.0. The molecule has 1 aliphatic rings. The quantitative estimate of drug-likeness (QED) is 0.540. The van der Waals surface area contributed by atoms with E-state index < -0.39 is 0 Å². The third kappa shape index (κ3) is 3.61. The van der Waals surface area contributed by atoms with Crippen LogP contribution in [0.4, 0.5) is 0 Å².